The first-order chi connectivity index (χ1) is 18.3. The largest absolute Gasteiger partial charge is 0.496 e. The maximum atomic E-state index is 14.1. The van der Waals surface area contributed by atoms with Crippen LogP contribution in [0.15, 0.2) is 60.9 Å². The zero-order valence-electron chi connectivity index (χ0n) is 20.9. The molecule has 2 aromatic carbocycles. The van der Waals surface area contributed by atoms with E-state index < -0.39 is 24.5 Å². The first kappa shape index (κ1) is 25.2. The quantitative estimate of drug-likeness (QED) is 0.339. The fourth-order valence-electron chi connectivity index (χ4n) is 4.73. The minimum absolute atomic E-state index is 0.0877. The number of halogens is 2. The van der Waals surface area contributed by atoms with Crippen LogP contribution >= 0.6 is 0 Å². The number of anilines is 1. The number of alkyl halides is 2. The number of para-hydroxylation sites is 1. The monoisotopic (exact) mass is 520 g/mol. The molecule has 2 N–H and O–H groups in total. The second-order valence-corrected chi connectivity index (χ2v) is 9.09. The SMILES string of the molecule is COC(=O)Nc1ccc(-c2cnc3[nH]cc(-c4ccccc4OC)c3c2)cc1C(=O)N1CCCC(F)(F)C1. The van der Waals surface area contributed by atoms with E-state index in [4.69, 9.17) is 4.74 Å². The highest BCUT2D eigenvalue weighted by Crippen LogP contribution is 2.37. The van der Waals surface area contributed by atoms with Crippen LogP contribution in [0.3, 0.4) is 0 Å². The highest BCUT2D eigenvalue weighted by molar-refractivity contribution is 6.04. The van der Waals surface area contributed by atoms with Crippen molar-refractivity contribution in [3.8, 4) is 28.0 Å². The molecule has 1 aliphatic heterocycles. The Hall–Kier alpha value is -4.47. The average Bonchev–Trinajstić information content (AvgIpc) is 3.35. The third-order valence-corrected chi connectivity index (χ3v) is 6.61. The number of nitrogens with zero attached hydrogens (tertiary/aromatic N) is 2. The van der Waals surface area contributed by atoms with Crippen molar-refractivity contribution in [3.05, 3.63) is 66.5 Å². The molecule has 0 saturated carbocycles. The maximum Gasteiger partial charge on any atom is 0.411 e. The summed E-state index contributed by atoms with van der Waals surface area (Å²) >= 11 is 0. The zero-order chi connectivity index (χ0) is 26.9. The number of likely N-dealkylation sites (tertiary alicyclic amines) is 1. The van der Waals surface area contributed by atoms with Crippen molar-refractivity contribution in [2.24, 2.45) is 0 Å². The van der Waals surface area contributed by atoms with E-state index in [0.717, 1.165) is 21.4 Å². The van der Waals surface area contributed by atoms with Gasteiger partial charge in [0.1, 0.15) is 11.4 Å². The molecule has 4 aromatic rings. The van der Waals surface area contributed by atoms with Crippen molar-refractivity contribution in [1.29, 1.82) is 0 Å². The topological polar surface area (TPSA) is 96.5 Å². The standard InChI is InChI=1S/C28H26F2N4O4/c1-37-24-7-4-3-6-19(24)22-15-32-25-20(22)13-18(14-31-25)17-8-9-23(33-27(36)38-2)21(12-17)26(35)34-11-5-10-28(29,30)16-34/h3-4,6-9,12-15H,5,10-11,16H2,1-2H3,(H,31,32)(H,33,36). The second-order valence-electron chi connectivity index (χ2n) is 9.09. The number of nitrogens with one attached hydrogen (secondary N) is 2. The number of fused-ring (bicyclic) bond motifs is 1. The van der Waals surface area contributed by atoms with Gasteiger partial charge in [0.25, 0.3) is 11.8 Å². The summed E-state index contributed by atoms with van der Waals surface area (Å²) < 4.78 is 38.4. The van der Waals surface area contributed by atoms with Gasteiger partial charge in [0.2, 0.25) is 0 Å². The van der Waals surface area contributed by atoms with Crippen LogP contribution in [0.2, 0.25) is 0 Å². The lowest BCUT2D eigenvalue weighted by Crippen LogP contribution is -2.45. The number of H-pyrrole nitrogens is 1. The normalized spacial score (nSPS) is 14.8. The van der Waals surface area contributed by atoms with E-state index in [-0.39, 0.29) is 30.6 Å². The number of hydrogen-bond donors (Lipinski definition) is 2. The fourth-order valence-corrected chi connectivity index (χ4v) is 4.73. The van der Waals surface area contributed by atoms with E-state index in [2.05, 4.69) is 20.0 Å². The van der Waals surface area contributed by atoms with Gasteiger partial charge in [-0.2, -0.15) is 0 Å². The van der Waals surface area contributed by atoms with E-state index in [1.54, 1.807) is 31.5 Å². The maximum absolute atomic E-state index is 14.1. The number of ether oxygens (including phenoxy) is 2. The van der Waals surface area contributed by atoms with Crippen LogP contribution in [0.1, 0.15) is 23.2 Å². The number of benzene rings is 2. The van der Waals surface area contributed by atoms with Crippen molar-refractivity contribution >= 4 is 28.7 Å². The van der Waals surface area contributed by atoms with E-state index in [1.807, 2.05) is 36.5 Å². The van der Waals surface area contributed by atoms with Gasteiger partial charge in [0.05, 0.1) is 32.0 Å². The van der Waals surface area contributed by atoms with Gasteiger partial charge in [-0.15, -0.1) is 0 Å². The molecule has 1 saturated heterocycles. The van der Waals surface area contributed by atoms with Crippen LogP contribution in [0.25, 0.3) is 33.3 Å². The number of aromatic nitrogens is 2. The van der Waals surface area contributed by atoms with Gasteiger partial charge in [-0.05, 0) is 36.2 Å². The molecule has 196 valence electrons. The summed E-state index contributed by atoms with van der Waals surface area (Å²) in [5.41, 5.74) is 4.05. The summed E-state index contributed by atoms with van der Waals surface area (Å²) in [5.74, 6) is -2.84. The number of carbonyl (C=O) groups excluding carboxylic acids is 2. The molecule has 1 aliphatic rings. The van der Waals surface area contributed by atoms with Crippen molar-refractivity contribution in [2.75, 3.05) is 32.6 Å². The first-order valence-corrected chi connectivity index (χ1v) is 12.1. The van der Waals surface area contributed by atoms with Crippen molar-refractivity contribution in [3.63, 3.8) is 0 Å². The number of pyridine rings is 1. The smallest absolute Gasteiger partial charge is 0.411 e. The predicted octanol–water partition coefficient (Wildman–Crippen LogP) is 5.96. The van der Waals surface area contributed by atoms with Gasteiger partial charge in [0, 0.05) is 47.4 Å². The molecule has 0 spiro atoms. The van der Waals surface area contributed by atoms with E-state index in [1.165, 1.54) is 7.11 Å². The fraction of sp³-hybridized carbons (Fsp3) is 0.250. The molecule has 2 amide bonds. The van der Waals surface area contributed by atoms with Crippen LogP contribution in [0.4, 0.5) is 19.3 Å². The minimum atomic E-state index is -2.96. The summed E-state index contributed by atoms with van der Waals surface area (Å²) in [6, 6.07) is 14.4. The highest BCUT2D eigenvalue weighted by Gasteiger charge is 2.38. The molecule has 5 rings (SSSR count). The number of rotatable bonds is 5. The van der Waals surface area contributed by atoms with E-state index in [0.29, 0.717) is 22.5 Å². The number of amides is 2. The third kappa shape index (κ3) is 4.89. The summed E-state index contributed by atoms with van der Waals surface area (Å²) in [6.45, 7) is -0.470. The van der Waals surface area contributed by atoms with E-state index >= 15 is 0 Å². The highest BCUT2D eigenvalue weighted by atomic mass is 19.3. The van der Waals surface area contributed by atoms with Crippen LogP contribution < -0.4 is 10.1 Å². The molecular formula is C28H26F2N4O4. The molecule has 3 heterocycles. The lowest BCUT2D eigenvalue weighted by atomic mass is 9.98. The van der Waals surface area contributed by atoms with Crippen LogP contribution in [-0.4, -0.2) is 60.1 Å². The van der Waals surface area contributed by atoms with Crippen LogP contribution in [0.5, 0.6) is 5.75 Å². The predicted molar refractivity (Wildman–Crippen MR) is 140 cm³/mol. The second kappa shape index (κ2) is 10.1. The van der Waals surface area contributed by atoms with Gasteiger partial charge < -0.3 is 19.4 Å². The molecule has 10 heteroatoms. The minimum Gasteiger partial charge on any atom is -0.496 e. The molecule has 2 aromatic heterocycles. The van der Waals surface area contributed by atoms with Crippen molar-refractivity contribution in [2.45, 2.75) is 18.8 Å². The Labute approximate surface area is 217 Å². The Kier molecular flexibility index (Phi) is 6.71. The third-order valence-electron chi connectivity index (χ3n) is 6.61. The molecule has 8 nitrogen and oxygen atoms in total. The number of aromatic amines is 1. The summed E-state index contributed by atoms with van der Waals surface area (Å²) in [6.07, 6.45) is 2.68. The summed E-state index contributed by atoms with van der Waals surface area (Å²) in [4.78, 5) is 34.2. The Balaban J connectivity index is 1.57. The Morgan fingerprint density at radius 3 is 2.66 bits per heavy atom. The van der Waals surface area contributed by atoms with Gasteiger partial charge in [0.15, 0.2) is 0 Å². The van der Waals surface area contributed by atoms with Gasteiger partial charge in [-0.3, -0.25) is 10.1 Å². The lowest BCUT2D eigenvalue weighted by Gasteiger charge is -2.33. The number of methoxy groups -OCH3 is 2. The molecule has 0 aliphatic carbocycles. The molecule has 0 radical (unpaired) electrons. The van der Waals surface area contributed by atoms with Gasteiger partial charge in [-0.25, -0.2) is 18.6 Å². The summed E-state index contributed by atoms with van der Waals surface area (Å²) in [7, 11) is 2.81. The van der Waals surface area contributed by atoms with E-state index in [9.17, 15) is 18.4 Å². The molecule has 1 fully saturated rings. The number of piperidine rings is 1. The van der Waals surface area contributed by atoms with Crippen LogP contribution in [0, 0.1) is 0 Å². The molecule has 0 unspecified atom stereocenters. The van der Waals surface area contributed by atoms with Gasteiger partial charge in [-0.1, -0.05) is 24.3 Å². The Morgan fingerprint density at radius 1 is 1.08 bits per heavy atom. The Morgan fingerprint density at radius 2 is 1.89 bits per heavy atom. The zero-order valence-corrected chi connectivity index (χ0v) is 20.9. The number of hydrogen-bond acceptors (Lipinski definition) is 5. The van der Waals surface area contributed by atoms with Gasteiger partial charge >= 0.3 is 6.09 Å². The first-order valence-electron chi connectivity index (χ1n) is 12.1. The summed E-state index contributed by atoms with van der Waals surface area (Å²) in [5, 5.41) is 3.36. The molecule has 0 bridgehead atoms. The Bertz CT molecular complexity index is 1520. The van der Waals surface area contributed by atoms with Crippen molar-refractivity contribution < 1.29 is 27.8 Å². The lowest BCUT2D eigenvalue weighted by molar-refractivity contribution is -0.0560. The molecular weight excluding hydrogens is 494 g/mol. The molecule has 0 atom stereocenters. The average molecular weight is 521 g/mol. The van der Waals surface area contributed by atoms with Crippen molar-refractivity contribution in [1.82, 2.24) is 14.9 Å². The molecule has 38 heavy (non-hydrogen) atoms. The number of carbonyl (C=O) groups is 2. The van der Waals surface area contributed by atoms with Crippen LogP contribution in [-0.2, 0) is 4.74 Å².